The number of carbonyl (C=O) groups excluding carboxylic acids is 1. The average Bonchev–Trinajstić information content (AvgIpc) is 3.01. The van der Waals surface area contributed by atoms with Crippen molar-refractivity contribution < 1.29 is 13.9 Å². The normalized spacial score (nSPS) is 17.0. The second-order valence-corrected chi connectivity index (χ2v) is 5.99. The first-order valence-corrected chi connectivity index (χ1v) is 8.04. The number of aryl methyl sites for hydroxylation is 1. The molecule has 0 saturated heterocycles. The average molecular weight is 341 g/mol. The summed E-state index contributed by atoms with van der Waals surface area (Å²) >= 11 is 0. The van der Waals surface area contributed by atoms with E-state index >= 15 is 0 Å². The highest BCUT2D eigenvalue weighted by Gasteiger charge is 2.21. The third-order valence-electron chi connectivity index (χ3n) is 4.04. The number of aromatic nitrogens is 2. The Hall–Kier alpha value is -2.73. The van der Waals surface area contributed by atoms with Gasteiger partial charge in [-0.15, -0.1) is 0 Å². The number of nitrogens with zero attached hydrogens (tertiary/aromatic N) is 2. The molecule has 6 heteroatoms. The maximum absolute atomic E-state index is 13.2. The predicted octanol–water partition coefficient (Wildman–Crippen LogP) is 2.83. The Balaban J connectivity index is 1.69. The fourth-order valence-electron chi connectivity index (χ4n) is 2.83. The van der Waals surface area contributed by atoms with Crippen molar-refractivity contribution in [2.45, 2.75) is 25.9 Å². The van der Waals surface area contributed by atoms with Crippen LogP contribution < -0.4 is 5.32 Å². The van der Waals surface area contributed by atoms with Gasteiger partial charge in [0.05, 0.1) is 24.1 Å². The van der Waals surface area contributed by atoms with E-state index in [1.54, 1.807) is 25.6 Å². The summed E-state index contributed by atoms with van der Waals surface area (Å²) in [6, 6.07) is 6.06. The fourth-order valence-corrected chi connectivity index (χ4v) is 2.83. The molecule has 1 aromatic heterocycles. The zero-order chi connectivity index (χ0) is 17.8. The Kier molecular flexibility index (Phi) is 5.09. The molecule has 1 heterocycles. The molecule has 1 unspecified atom stereocenters. The van der Waals surface area contributed by atoms with E-state index in [9.17, 15) is 9.18 Å². The van der Waals surface area contributed by atoms with E-state index in [1.807, 2.05) is 29.8 Å². The largest absolute Gasteiger partial charge is 0.375 e. The van der Waals surface area contributed by atoms with Crippen molar-refractivity contribution in [3.63, 3.8) is 0 Å². The molecule has 2 aromatic rings. The van der Waals surface area contributed by atoms with Crippen molar-refractivity contribution in [3.8, 4) is 0 Å². The van der Waals surface area contributed by atoms with Crippen LogP contribution in [-0.2, 0) is 16.0 Å². The van der Waals surface area contributed by atoms with Gasteiger partial charge in [-0.3, -0.25) is 4.79 Å². The van der Waals surface area contributed by atoms with Gasteiger partial charge >= 0.3 is 0 Å². The molecule has 1 aromatic carbocycles. The van der Waals surface area contributed by atoms with E-state index < -0.39 is 0 Å². The van der Waals surface area contributed by atoms with Crippen LogP contribution in [0.25, 0.3) is 5.70 Å². The number of amides is 1. The second-order valence-electron chi connectivity index (χ2n) is 5.99. The van der Waals surface area contributed by atoms with Gasteiger partial charge in [0.1, 0.15) is 11.9 Å². The van der Waals surface area contributed by atoms with Crippen LogP contribution in [0.5, 0.6) is 0 Å². The molecule has 0 fully saturated rings. The summed E-state index contributed by atoms with van der Waals surface area (Å²) in [6.07, 6.45) is 7.95. The van der Waals surface area contributed by atoms with Crippen molar-refractivity contribution in [1.82, 2.24) is 14.9 Å². The predicted molar refractivity (Wildman–Crippen MR) is 93.0 cm³/mol. The van der Waals surface area contributed by atoms with E-state index in [1.165, 1.54) is 12.1 Å². The number of imidazole rings is 1. The molecule has 1 amide bonds. The van der Waals surface area contributed by atoms with Crippen LogP contribution in [0.1, 0.15) is 17.7 Å². The summed E-state index contributed by atoms with van der Waals surface area (Å²) in [7, 11) is 1.64. The molecule has 5 nitrogen and oxygen atoms in total. The van der Waals surface area contributed by atoms with E-state index in [0.29, 0.717) is 12.0 Å². The zero-order valence-corrected chi connectivity index (χ0v) is 14.2. The summed E-state index contributed by atoms with van der Waals surface area (Å²) in [6.45, 7) is 1.93. The molecule has 130 valence electrons. The molecular weight excluding hydrogens is 321 g/mol. The number of halogens is 1. The lowest BCUT2D eigenvalue weighted by atomic mass is 10.0. The van der Waals surface area contributed by atoms with Gasteiger partial charge < -0.3 is 14.6 Å². The van der Waals surface area contributed by atoms with Gasteiger partial charge in [0.2, 0.25) is 5.91 Å². The highest BCUT2D eigenvalue weighted by Crippen LogP contribution is 2.24. The molecule has 1 atom stereocenters. The number of hydrogen-bond donors (Lipinski definition) is 1. The van der Waals surface area contributed by atoms with Crippen molar-refractivity contribution in [2.24, 2.45) is 0 Å². The Morgan fingerprint density at radius 3 is 2.96 bits per heavy atom. The molecule has 0 spiro atoms. The van der Waals surface area contributed by atoms with Crippen LogP contribution in [0, 0.1) is 12.7 Å². The number of allylic oxidation sites excluding steroid dienone is 2. The first-order valence-electron chi connectivity index (χ1n) is 8.04. The van der Waals surface area contributed by atoms with Crippen LogP contribution in [0.2, 0.25) is 0 Å². The molecule has 0 saturated carbocycles. The van der Waals surface area contributed by atoms with E-state index in [0.717, 1.165) is 17.1 Å². The summed E-state index contributed by atoms with van der Waals surface area (Å²) < 4.78 is 20.7. The van der Waals surface area contributed by atoms with Crippen molar-refractivity contribution >= 4 is 11.6 Å². The Morgan fingerprint density at radius 1 is 1.44 bits per heavy atom. The number of methoxy groups -OCH3 is 1. The highest BCUT2D eigenvalue weighted by atomic mass is 19.1. The smallest absolute Gasteiger partial charge is 0.228 e. The molecule has 0 radical (unpaired) electrons. The fraction of sp³-hybridized carbons (Fsp3) is 0.263. The maximum atomic E-state index is 13.2. The van der Waals surface area contributed by atoms with Gasteiger partial charge in [0, 0.05) is 25.4 Å². The van der Waals surface area contributed by atoms with Crippen LogP contribution in [0.15, 0.2) is 54.6 Å². The molecular formula is C19H20FN3O2. The van der Waals surface area contributed by atoms with Gasteiger partial charge in [-0.25, -0.2) is 9.37 Å². The van der Waals surface area contributed by atoms with Crippen LogP contribution in [-0.4, -0.2) is 28.7 Å². The third-order valence-corrected chi connectivity index (χ3v) is 4.04. The SMILES string of the molecule is COC1CC(NC(=O)Cc2cccc(F)c2)=CC=C1n1cnc(C)c1. The van der Waals surface area contributed by atoms with Gasteiger partial charge in [-0.05, 0) is 36.8 Å². The lowest BCUT2D eigenvalue weighted by Gasteiger charge is -2.24. The number of nitrogens with one attached hydrogen (secondary N) is 1. The Morgan fingerprint density at radius 2 is 2.28 bits per heavy atom. The molecule has 0 aliphatic heterocycles. The molecule has 1 N–H and O–H groups in total. The Labute approximate surface area is 145 Å². The molecule has 1 aliphatic rings. The van der Waals surface area contributed by atoms with Gasteiger partial charge in [0.25, 0.3) is 0 Å². The quantitative estimate of drug-likeness (QED) is 0.910. The molecule has 1 aliphatic carbocycles. The minimum atomic E-state index is -0.343. The van der Waals surface area contributed by atoms with Gasteiger partial charge in [0.15, 0.2) is 0 Å². The number of hydrogen-bond acceptors (Lipinski definition) is 3. The molecule has 25 heavy (non-hydrogen) atoms. The van der Waals surface area contributed by atoms with Crippen LogP contribution in [0.4, 0.5) is 4.39 Å². The number of rotatable bonds is 5. The van der Waals surface area contributed by atoms with Crippen molar-refractivity contribution in [2.75, 3.05) is 7.11 Å². The summed E-state index contributed by atoms with van der Waals surface area (Å²) in [5.74, 6) is -0.521. The minimum Gasteiger partial charge on any atom is -0.375 e. The zero-order valence-electron chi connectivity index (χ0n) is 14.2. The lowest BCUT2D eigenvalue weighted by Crippen LogP contribution is -2.30. The Bertz CT molecular complexity index is 839. The van der Waals surface area contributed by atoms with Crippen molar-refractivity contribution in [3.05, 3.63) is 71.7 Å². The van der Waals surface area contributed by atoms with E-state index in [4.69, 9.17) is 4.74 Å². The number of carbonyl (C=O) groups is 1. The number of ether oxygens (including phenoxy) is 1. The lowest BCUT2D eigenvalue weighted by molar-refractivity contribution is -0.119. The van der Waals surface area contributed by atoms with E-state index in [2.05, 4.69) is 10.3 Å². The van der Waals surface area contributed by atoms with Crippen LogP contribution >= 0.6 is 0 Å². The third kappa shape index (κ3) is 4.22. The van der Waals surface area contributed by atoms with Crippen LogP contribution in [0.3, 0.4) is 0 Å². The standard InChI is InChI=1S/C19H20FN3O2/c1-13-11-23(12-21-13)17-7-6-16(10-18(17)25-2)22-19(24)9-14-4-3-5-15(20)8-14/h3-8,11-12,18H,9-10H2,1-2H3,(H,22,24). The van der Waals surface area contributed by atoms with Crippen molar-refractivity contribution in [1.29, 1.82) is 0 Å². The first kappa shape index (κ1) is 17.1. The second kappa shape index (κ2) is 7.44. The summed E-state index contributed by atoms with van der Waals surface area (Å²) in [5.41, 5.74) is 3.30. The molecule has 3 rings (SSSR count). The topological polar surface area (TPSA) is 56.1 Å². The van der Waals surface area contributed by atoms with Gasteiger partial charge in [-0.1, -0.05) is 12.1 Å². The number of benzene rings is 1. The molecule has 0 bridgehead atoms. The minimum absolute atomic E-state index is 0.129. The summed E-state index contributed by atoms with van der Waals surface area (Å²) in [4.78, 5) is 16.4. The highest BCUT2D eigenvalue weighted by molar-refractivity contribution is 5.80. The van der Waals surface area contributed by atoms with Gasteiger partial charge in [-0.2, -0.15) is 0 Å². The first-order chi connectivity index (χ1) is 12.0. The summed E-state index contributed by atoms with van der Waals surface area (Å²) in [5, 5.41) is 2.88. The van der Waals surface area contributed by atoms with E-state index in [-0.39, 0.29) is 24.2 Å². The monoisotopic (exact) mass is 341 g/mol. The maximum Gasteiger partial charge on any atom is 0.228 e.